The van der Waals surface area contributed by atoms with Gasteiger partial charge in [-0.2, -0.15) is 13.2 Å². The Labute approximate surface area is 201 Å². The Morgan fingerprint density at radius 1 is 1.12 bits per heavy atom. The Hall–Kier alpha value is -2.18. The largest absolute Gasteiger partial charge is 0.416 e. The van der Waals surface area contributed by atoms with Crippen LogP contribution in [0.15, 0.2) is 30.3 Å². The van der Waals surface area contributed by atoms with Gasteiger partial charge in [-0.05, 0) is 67.1 Å². The van der Waals surface area contributed by atoms with Crippen LogP contribution in [-0.2, 0) is 19.6 Å². The molecule has 1 aromatic heterocycles. The number of rotatable bonds is 3. The quantitative estimate of drug-likeness (QED) is 0.374. The fourth-order valence-electron chi connectivity index (χ4n) is 4.48. The van der Waals surface area contributed by atoms with E-state index in [1.54, 1.807) is 30.7 Å². The zero-order valence-corrected chi connectivity index (χ0v) is 20.2. The number of nitrogens with zero attached hydrogens (tertiary/aromatic N) is 2. The van der Waals surface area contributed by atoms with Crippen molar-refractivity contribution < 1.29 is 18.0 Å². The fourth-order valence-corrected chi connectivity index (χ4v) is 5.07. The van der Waals surface area contributed by atoms with Crippen molar-refractivity contribution in [1.82, 2.24) is 9.47 Å². The second kappa shape index (κ2) is 8.88. The van der Waals surface area contributed by atoms with Crippen LogP contribution in [-0.4, -0.2) is 28.5 Å². The molecular weight excluding hydrogens is 472 g/mol. The first kappa shape index (κ1) is 24.0. The van der Waals surface area contributed by atoms with Crippen molar-refractivity contribution in [2.45, 2.75) is 39.3 Å². The molecule has 33 heavy (non-hydrogen) atoms. The molecule has 0 N–H and O–H groups in total. The predicted octanol–water partition coefficient (Wildman–Crippen LogP) is 7.28. The third-order valence-electron chi connectivity index (χ3n) is 6.64. The second-order valence-corrected chi connectivity index (χ2v) is 9.74. The van der Waals surface area contributed by atoms with Gasteiger partial charge in [0, 0.05) is 48.2 Å². The summed E-state index contributed by atoms with van der Waals surface area (Å²) in [5.74, 6) is 0.477. The van der Waals surface area contributed by atoms with Crippen molar-refractivity contribution in [3.05, 3.63) is 68.3 Å². The minimum absolute atomic E-state index is 0.118. The van der Waals surface area contributed by atoms with Gasteiger partial charge in [0.05, 0.1) is 16.1 Å². The number of hydrogen-bond acceptors (Lipinski definition) is 1. The van der Waals surface area contributed by atoms with Crippen LogP contribution in [0.5, 0.6) is 0 Å². The normalized spacial score (nSPS) is 15.5. The minimum atomic E-state index is -4.42. The van der Waals surface area contributed by atoms with Crippen LogP contribution in [0, 0.1) is 12.8 Å². The molecule has 0 unspecified atom stereocenters. The summed E-state index contributed by atoms with van der Waals surface area (Å²) in [4.78, 5) is 14.9. The Morgan fingerprint density at radius 2 is 1.79 bits per heavy atom. The molecule has 3 aromatic rings. The molecule has 2 aromatic carbocycles. The lowest BCUT2D eigenvalue weighted by Gasteiger charge is -2.30. The molecule has 0 saturated carbocycles. The van der Waals surface area contributed by atoms with E-state index >= 15 is 0 Å². The molecule has 1 aliphatic heterocycles. The molecule has 0 atom stereocenters. The maximum absolute atomic E-state index is 13.3. The number of halogens is 5. The zero-order valence-electron chi connectivity index (χ0n) is 18.7. The molecule has 0 radical (unpaired) electrons. The minimum Gasteiger partial charge on any atom is -0.347 e. The summed E-state index contributed by atoms with van der Waals surface area (Å²) in [7, 11) is 1.73. The Morgan fingerprint density at radius 3 is 2.42 bits per heavy atom. The number of carbonyl (C=O) groups excluding carboxylic acids is 1. The van der Waals surface area contributed by atoms with Gasteiger partial charge in [-0.25, -0.2) is 0 Å². The number of aromatic nitrogens is 1. The average Bonchev–Trinajstić information content (AvgIpc) is 3.07. The number of alkyl halides is 3. The van der Waals surface area contributed by atoms with Gasteiger partial charge in [0.2, 0.25) is 0 Å². The van der Waals surface area contributed by atoms with Gasteiger partial charge in [0.1, 0.15) is 0 Å². The number of likely N-dealkylation sites (tertiary alicyclic amines) is 1. The SMILES string of the molecule is Cc1cc(C(F)(F)F)cc2c1cc(Cc1c(Cl)ccc(C(=O)N3CCC(C)CC3)c1Cl)n2C. The summed E-state index contributed by atoms with van der Waals surface area (Å²) in [6, 6.07) is 7.49. The molecule has 2 heterocycles. The molecule has 0 aliphatic carbocycles. The maximum Gasteiger partial charge on any atom is 0.416 e. The van der Waals surface area contributed by atoms with Crippen LogP contribution in [0.25, 0.3) is 10.9 Å². The average molecular weight is 497 g/mol. The summed E-state index contributed by atoms with van der Waals surface area (Å²) in [5.41, 5.74) is 2.10. The van der Waals surface area contributed by atoms with Gasteiger partial charge >= 0.3 is 6.18 Å². The Balaban J connectivity index is 1.71. The van der Waals surface area contributed by atoms with Crippen molar-refractivity contribution in [2.75, 3.05) is 13.1 Å². The smallest absolute Gasteiger partial charge is 0.347 e. The van der Waals surface area contributed by atoms with E-state index in [2.05, 4.69) is 6.92 Å². The van der Waals surface area contributed by atoms with Crippen LogP contribution >= 0.6 is 23.2 Å². The molecule has 1 fully saturated rings. The van der Waals surface area contributed by atoms with Crippen LogP contribution in [0.3, 0.4) is 0 Å². The van der Waals surface area contributed by atoms with Gasteiger partial charge in [0.15, 0.2) is 0 Å². The standard InChI is InChI=1S/C25H25Cl2F3N2O/c1-14-6-8-32(9-7-14)24(33)18-4-5-21(26)20(23(18)27)13-17-12-19-15(2)10-16(25(28,29)30)11-22(19)31(17)3/h4-5,10-12,14H,6-9,13H2,1-3H3. The Bertz CT molecular complexity index is 1220. The topological polar surface area (TPSA) is 25.2 Å². The third-order valence-corrected chi connectivity index (χ3v) is 7.43. The molecule has 3 nitrogen and oxygen atoms in total. The Kier molecular flexibility index (Phi) is 6.45. The molecule has 1 aliphatic rings. The molecule has 1 saturated heterocycles. The molecule has 0 bridgehead atoms. The number of fused-ring (bicyclic) bond motifs is 1. The molecular formula is C25H25Cl2F3N2O. The third kappa shape index (κ3) is 4.60. The highest BCUT2D eigenvalue weighted by molar-refractivity contribution is 6.38. The first-order valence-corrected chi connectivity index (χ1v) is 11.6. The molecule has 0 spiro atoms. The number of carbonyl (C=O) groups is 1. The number of benzene rings is 2. The fraction of sp³-hybridized carbons (Fsp3) is 0.400. The molecule has 4 rings (SSSR count). The monoisotopic (exact) mass is 496 g/mol. The summed E-state index contributed by atoms with van der Waals surface area (Å²) in [6.45, 7) is 5.23. The van der Waals surface area contributed by atoms with Crippen LogP contribution < -0.4 is 0 Å². The number of amides is 1. The molecule has 8 heteroatoms. The van der Waals surface area contributed by atoms with E-state index in [0.717, 1.165) is 36.1 Å². The number of aryl methyl sites for hydroxylation is 2. The molecule has 176 valence electrons. The summed E-state index contributed by atoms with van der Waals surface area (Å²) in [5, 5.41) is 1.45. The van der Waals surface area contributed by atoms with Crippen LogP contribution in [0.1, 0.15) is 52.5 Å². The predicted molar refractivity (Wildman–Crippen MR) is 126 cm³/mol. The van der Waals surface area contributed by atoms with Crippen molar-refractivity contribution >= 4 is 40.0 Å². The van der Waals surface area contributed by atoms with Crippen molar-refractivity contribution in [1.29, 1.82) is 0 Å². The van der Waals surface area contributed by atoms with E-state index < -0.39 is 11.7 Å². The maximum atomic E-state index is 13.3. The van der Waals surface area contributed by atoms with Gasteiger partial charge in [-0.15, -0.1) is 0 Å². The summed E-state index contributed by atoms with van der Waals surface area (Å²) < 4.78 is 41.6. The first-order chi connectivity index (χ1) is 15.5. The highest BCUT2D eigenvalue weighted by Crippen LogP contribution is 2.36. The van der Waals surface area contributed by atoms with Crippen molar-refractivity contribution in [3.63, 3.8) is 0 Å². The van der Waals surface area contributed by atoms with Gasteiger partial charge in [0.25, 0.3) is 5.91 Å². The van der Waals surface area contributed by atoms with E-state index in [1.165, 1.54) is 0 Å². The van der Waals surface area contributed by atoms with Crippen LogP contribution in [0.4, 0.5) is 13.2 Å². The lowest BCUT2D eigenvalue weighted by molar-refractivity contribution is -0.137. The molecule has 1 amide bonds. The lowest BCUT2D eigenvalue weighted by atomic mass is 9.98. The first-order valence-electron chi connectivity index (χ1n) is 10.9. The van der Waals surface area contributed by atoms with Crippen LogP contribution in [0.2, 0.25) is 10.0 Å². The van der Waals surface area contributed by atoms with E-state index in [0.29, 0.717) is 57.7 Å². The van der Waals surface area contributed by atoms with Gasteiger partial charge in [-0.1, -0.05) is 30.1 Å². The van der Waals surface area contributed by atoms with E-state index in [-0.39, 0.29) is 5.91 Å². The van der Waals surface area contributed by atoms with Gasteiger partial charge in [-0.3, -0.25) is 4.79 Å². The highest BCUT2D eigenvalue weighted by atomic mass is 35.5. The van der Waals surface area contributed by atoms with E-state index in [1.807, 2.05) is 11.0 Å². The van der Waals surface area contributed by atoms with Crippen molar-refractivity contribution in [2.24, 2.45) is 13.0 Å². The van der Waals surface area contributed by atoms with E-state index in [4.69, 9.17) is 23.2 Å². The number of piperidine rings is 1. The second-order valence-electron chi connectivity index (χ2n) is 8.96. The highest BCUT2D eigenvalue weighted by Gasteiger charge is 2.32. The lowest BCUT2D eigenvalue weighted by Crippen LogP contribution is -2.38. The zero-order chi connectivity index (χ0) is 24.1. The summed E-state index contributed by atoms with van der Waals surface area (Å²) >= 11 is 13.1. The van der Waals surface area contributed by atoms with Crippen molar-refractivity contribution in [3.8, 4) is 0 Å². The van der Waals surface area contributed by atoms with E-state index in [9.17, 15) is 18.0 Å². The van der Waals surface area contributed by atoms with Gasteiger partial charge < -0.3 is 9.47 Å². The number of hydrogen-bond donors (Lipinski definition) is 0. The summed E-state index contributed by atoms with van der Waals surface area (Å²) in [6.07, 6.45) is -2.21.